The Morgan fingerprint density at radius 2 is 1.69 bits per heavy atom. The zero-order valence-corrected chi connectivity index (χ0v) is 11.3. The minimum Gasteiger partial charge on any atom is -0.381 e. The van der Waals surface area contributed by atoms with Crippen LogP contribution < -0.4 is 0 Å². The van der Waals surface area contributed by atoms with Crippen molar-refractivity contribution < 1.29 is 4.74 Å². The monoisotopic (exact) mass is 226 g/mol. The van der Waals surface area contributed by atoms with Crippen molar-refractivity contribution in [3.63, 3.8) is 0 Å². The van der Waals surface area contributed by atoms with Crippen LogP contribution in [0.15, 0.2) is 0 Å². The molecule has 1 heteroatoms. The molecule has 2 atom stereocenters. The predicted molar refractivity (Wildman–Crippen MR) is 70.7 cm³/mol. The number of rotatable bonds is 9. The molecule has 0 heterocycles. The van der Waals surface area contributed by atoms with Gasteiger partial charge >= 0.3 is 0 Å². The van der Waals surface area contributed by atoms with Gasteiger partial charge in [-0.1, -0.05) is 46.0 Å². The predicted octanol–water partition coefficient (Wildman–Crippen LogP) is 4.80. The van der Waals surface area contributed by atoms with E-state index in [2.05, 4.69) is 13.8 Å². The molecule has 0 aromatic heterocycles. The summed E-state index contributed by atoms with van der Waals surface area (Å²) in [6.07, 6.45) is 12.4. The first-order valence-electron chi connectivity index (χ1n) is 7.44. The Kier molecular flexibility index (Phi) is 7.92. The molecule has 0 aliphatic heterocycles. The summed E-state index contributed by atoms with van der Waals surface area (Å²) in [5.74, 6) is 2.06. The molecule has 1 aliphatic rings. The highest BCUT2D eigenvalue weighted by molar-refractivity contribution is 4.74. The summed E-state index contributed by atoms with van der Waals surface area (Å²) in [6.45, 7) is 6.56. The Morgan fingerprint density at radius 1 is 0.938 bits per heavy atom. The fourth-order valence-corrected chi connectivity index (χ4v) is 2.84. The molecule has 1 nitrogen and oxygen atoms in total. The van der Waals surface area contributed by atoms with E-state index in [4.69, 9.17) is 4.74 Å². The lowest BCUT2D eigenvalue weighted by Gasteiger charge is -2.10. The highest BCUT2D eigenvalue weighted by atomic mass is 16.5. The zero-order valence-electron chi connectivity index (χ0n) is 11.3. The standard InChI is InChI=1S/C15H30O/c1-3-5-6-11-16-12-7-8-15-10-9-14(4-2)13-15/h14-15H,3-13H2,1-2H3. The third-order valence-corrected chi connectivity index (χ3v) is 4.02. The second-order valence-electron chi connectivity index (χ2n) is 5.42. The SMILES string of the molecule is CCCCCOCCCC1CCC(CC)C1. The van der Waals surface area contributed by atoms with Gasteiger partial charge in [0.15, 0.2) is 0 Å². The highest BCUT2D eigenvalue weighted by Crippen LogP contribution is 2.35. The average Bonchev–Trinajstić information content (AvgIpc) is 2.76. The summed E-state index contributed by atoms with van der Waals surface area (Å²) in [6, 6.07) is 0. The summed E-state index contributed by atoms with van der Waals surface area (Å²) in [4.78, 5) is 0. The van der Waals surface area contributed by atoms with E-state index in [-0.39, 0.29) is 0 Å². The second-order valence-corrected chi connectivity index (χ2v) is 5.42. The highest BCUT2D eigenvalue weighted by Gasteiger charge is 2.22. The number of ether oxygens (including phenoxy) is 1. The molecule has 16 heavy (non-hydrogen) atoms. The third-order valence-electron chi connectivity index (χ3n) is 4.02. The van der Waals surface area contributed by atoms with Crippen LogP contribution >= 0.6 is 0 Å². The Bertz CT molecular complexity index is 156. The normalized spacial score (nSPS) is 25.1. The van der Waals surface area contributed by atoms with E-state index in [1.807, 2.05) is 0 Å². The van der Waals surface area contributed by atoms with Crippen LogP contribution in [-0.2, 0) is 4.74 Å². The molecule has 0 saturated heterocycles. The van der Waals surface area contributed by atoms with E-state index in [1.54, 1.807) is 0 Å². The quantitative estimate of drug-likeness (QED) is 0.513. The summed E-state index contributed by atoms with van der Waals surface area (Å²) in [5.41, 5.74) is 0. The molecule has 0 amide bonds. The van der Waals surface area contributed by atoms with E-state index in [1.165, 1.54) is 57.8 Å². The van der Waals surface area contributed by atoms with Crippen LogP contribution in [0.1, 0.15) is 71.6 Å². The Morgan fingerprint density at radius 3 is 2.38 bits per heavy atom. The zero-order chi connectivity index (χ0) is 11.6. The van der Waals surface area contributed by atoms with E-state index in [0.717, 1.165) is 25.0 Å². The molecular weight excluding hydrogens is 196 g/mol. The maximum atomic E-state index is 5.65. The molecule has 1 saturated carbocycles. The van der Waals surface area contributed by atoms with E-state index in [0.29, 0.717) is 0 Å². The van der Waals surface area contributed by atoms with Crippen molar-refractivity contribution in [2.75, 3.05) is 13.2 Å². The smallest absolute Gasteiger partial charge is 0.0466 e. The van der Waals surface area contributed by atoms with Gasteiger partial charge in [-0.2, -0.15) is 0 Å². The fraction of sp³-hybridized carbons (Fsp3) is 1.00. The first-order chi connectivity index (χ1) is 7.86. The molecule has 96 valence electrons. The van der Waals surface area contributed by atoms with Crippen molar-refractivity contribution >= 4 is 0 Å². The molecule has 0 aromatic rings. The largest absolute Gasteiger partial charge is 0.381 e. The Labute approximate surface area is 102 Å². The number of hydrogen-bond donors (Lipinski definition) is 0. The molecule has 1 fully saturated rings. The van der Waals surface area contributed by atoms with Crippen molar-refractivity contribution in [3.05, 3.63) is 0 Å². The van der Waals surface area contributed by atoms with Crippen molar-refractivity contribution in [3.8, 4) is 0 Å². The summed E-state index contributed by atoms with van der Waals surface area (Å²) >= 11 is 0. The maximum absolute atomic E-state index is 5.65. The lowest BCUT2D eigenvalue weighted by molar-refractivity contribution is 0.123. The van der Waals surface area contributed by atoms with Crippen molar-refractivity contribution in [2.24, 2.45) is 11.8 Å². The van der Waals surface area contributed by atoms with Gasteiger partial charge in [-0.3, -0.25) is 0 Å². The number of hydrogen-bond acceptors (Lipinski definition) is 1. The molecule has 0 N–H and O–H groups in total. The Balaban J connectivity index is 1.84. The average molecular weight is 226 g/mol. The molecule has 2 unspecified atom stereocenters. The maximum Gasteiger partial charge on any atom is 0.0466 e. The number of unbranched alkanes of at least 4 members (excludes halogenated alkanes) is 2. The molecule has 1 aliphatic carbocycles. The van der Waals surface area contributed by atoms with Crippen molar-refractivity contribution in [1.29, 1.82) is 0 Å². The molecule has 0 aromatic carbocycles. The molecule has 0 bridgehead atoms. The van der Waals surface area contributed by atoms with E-state index in [9.17, 15) is 0 Å². The van der Waals surface area contributed by atoms with Gasteiger partial charge in [0.05, 0.1) is 0 Å². The van der Waals surface area contributed by atoms with Gasteiger partial charge < -0.3 is 4.74 Å². The fourth-order valence-electron chi connectivity index (χ4n) is 2.84. The van der Waals surface area contributed by atoms with Gasteiger partial charge in [-0.05, 0) is 37.5 Å². The summed E-state index contributed by atoms with van der Waals surface area (Å²) in [5, 5.41) is 0. The van der Waals surface area contributed by atoms with Crippen LogP contribution in [0.25, 0.3) is 0 Å². The first-order valence-corrected chi connectivity index (χ1v) is 7.44. The minimum absolute atomic E-state index is 0.982. The Hall–Kier alpha value is -0.0400. The molecule has 1 rings (SSSR count). The van der Waals surface area contributed by atoms with Crippen LogP contribution in [0, 0.1) is 11.8 Å². The first kappa shape index (κ1) is 14.0. The second kappa shape index (κ2) is 9.04. The third kappa shape index (κ3) is 5.89. The van der Waals surface area contributed by atoms with Crippen LogP contribution in [0.4, 0.5) is 0 Å². The van der Waals surface area contributed by atoms with Crippen molar-refractivity contribution in [2.45, 2.75) is 71.6 Å². The minimum atomic E-state index is 0.982. The van der Waals surface area contributed by atoms with E-state index < -0.39 is 0 Å². The van der Waals surface area contributed by atoms with Crippen LogP contribution in [0.3, 0.4) is 0 Å². The van der Waals surface area contributed by atoms with Crippen LogP contribution in [-0.4, -0.2) is 13.2 Å². The van der Waals surface area contributed by atoms with Gasteiger partial charge in [-0.25, -0.2) is 0 Å². The lowest BCUT2D eigenvalue weighted by Crippen LogP contribution is -2.01. The van der Waals surface area contributed by atoms with Crippen LogP contribution in [0.2, 0.25) is 0 Å². The van der Waals surface area contributed by atoms with Gasteiger partial charge in [-0.15, -0.1) is 0 Å². The summed E-state index contributed by atoms with van der Waals surface area (Å²) < 4.78 is 5.65. The van der Waals surface area contributed by atoms with Gasteiger partial charge in [0.1, 0.15) is 0 Å². The molecule has 0 spiro atoms. The van der Waals surface area contributed by atoms with Crippen molar-refractivity contribution in [1.82, 2.24) is 0 Å². The van der Waals surface area contributed by atoms with Gasteiger partial charge in [0.2, 0.25) is 0 Å². The lowest BCUT2D eigenvalue weighted by atomic mass is 9.99. The molecular formula is C15H30O. The van der Waals surface area contributed by atoms with E-state index >= 15 is 0 Å². The van der Waals surface area contributed by atoms with Gasteiger partial charge in [0, 0.05) is 13.2 Å². The topological polar surface area (TPSA) is 9.23 Å². The molecule has 0 radical (unpaired) electrons. The summed E-state index contributed by atoms with van der Waals surface area (Å²) in [7, 11) is 0. The van der Waals surface area contributed by atoms with Gasteiger partial charge in [0.25, 0.3) is 0 Å². The van der Waals surface area contributed by atoms with Crippen LogP contribution in [0.5, 0.6) is 0 Å².